The molecule has 4 aromatic carbocycles. The number of carbonyl (C=O) groups is 3. The number of benzene rings is 4. The van der Waals surface area contributed by atoms with Gasteiger partial charge in [0.1, 0.15) is 6.04 Å². The lowest BCUT2D eigenvalue weighted by Crippen LogP contribution is -2.66. The SMILES string of the molecule is C[C@@H]1CNC([C@@H](O)[C@H](Cc2ccccc2)NC(=O)c2cc(C(=O)N[C@H](C)c3ccccc3)cc(N(C)S(C)(=O)=O)c2)C(=O)N1Cc1ccccc1. The molecule has 0 aromatic heterocycles. The van der Waals surface area contributed by atoms with Crippen molar-refractivity contribution in [2.24, 2.45) is 0 Å². The lowest BCUT2D eigenvalue weighted by molar-refractivity contribution is -0.143. The summed E-state index contributed by atoms with van der Waals surface area (Å²) in [6, 6.07) is 30.0. The molecule has 5 atom stereocenters. The van der Waals surface area contributed by atoms with Gasteiger partial charge in [0.15, 0.2) is 0 Å². The van der Waals surface area contributed by atoms with Gasteiger partial charge in [0, 0.05) is 37.3 Å². The minimum atomic E-state index is -3.76. The number of carbonyl (C=O) groups excluding carboxylic acids is 3. The summed E-state index contributed by atoms with van der Waals surface area (Å²) in [5.74, 6) is -1.45. The molecule has 5 rings (SSSR count). The van der Waals surface area contributed by atoms with Crippen molar-refractivity contribution >= 4 is 33.4 Å². The number of nitrogens with one attached hydrogen (secondary N) is 3. The molecule has 4 aromatic rings. The lowest BCUT2D eigenvalue weighted by Gasteiger charge is -2.41. The average Bonchev–Trinajstić information content (AvgIpc) is 3.13. The molecule has 0 aliphatic carbocycles. The number of piperazine rings is 1. The van der Waals surface area contributed by atoms with Gasteiger partial charge in [-0.05, 0) is 55.2 Å². The largest absolute Gasteiger partial charge is 0.389 e. The van der Waals surface area contributed by atoms with Gasteiger partial charge in [0.25, 0.3) is 11.8 Å². The first-order chi connectivity index (χ1) is 24.3. The molecule has 1 heterocycles. The van der Waals surface area contributed by atoms with Crippen LogP contribution in [0.3, 0.4) is 0 Å². The van der Waals surface area contributed by atoms with Gasteiger partial charge in [-0.15, -0.1) is 0 Å². The van der Waals surface area contributed by atoms with Gasteiger partial charge < -0.3 is 26.0 Å². The smallest absolute Gasteiger partial charge is 0.251 e. The van der Waals surface area contributed by atoms with Crippen molar-refractivity contribution in [3.05, 3.63) is 137 Å². The summed E-state index contributed by atoms with van der Waals surface area (Å²) in [4.78, 5) is 43.2. The van der Waals surface area contributed by atoms with Crippen molar-refractivity contribution in [3.8, 4) is 0 Å². The summed E-state index contributed by atoms with van der Waals surface area (Å²) in [5, 5.41) is 20.9. The Morgan fingerprint density at radius 3 is 1.98 bits per heavy atom. The minimum Gasteiger partial charge on any atom is -0.389 e. The topological polar surface area (TPSA) is 148 Å². The third-order valence-corrected chi connectivity index (χ3v) is 10.4. The highest BCUT2D eigenvalue weighted by Gasteiger charge is 2.40. The second-order valence-corrected chi connectivity index (χ2v) is 15.1. The Kier molecular flexibility index (Phi) is 11.9. The Labute approximate surface area is 299 Å². The second kappa shape index (κ2) is 16.3. The number of aliphatic hydroxyl groups excluding tert-OH is 1. The molecule has 0 saturated carbocycles. The quantitative estimate of drug-likeness (QED) is 0.166. The van der Waals surface area contributed by atoms with Crippen LogP contribution in [0.2, 0.25) is 0 Å². The molecule has 4 N–H and O–H groups in total. The summed E-state index contributed by atoms with van der Waals surface area (Å²) in [6.07, 6.45) is -0.124. The zero-order valence-electron chi connectivity index (χ0n) is 29.2. The average molecular weight is 712 g/mol. The summed E-state index contributed by atoms with van der Waals surface area (Å²) in [6.45, 7) is 4.57. The van der Waals surface area contributed by atoms with E-state index in [2.05, 4.69) is 16.0 Å². The number of aliphatic hydroxyl groups is 1. The van der Waals surface area contributed by atoms with Crippen LogP contribution in [0.15, 0.2) is 109 Å². The number of amides is 3. The molecule has 268 valence electrons. The maximum atomic E-state index is 14.1. The molecule has 0 spiro atoms. The molecule has 51 heavy (non-hydrogen) atoms. The summed E-state index contributed by atoms with van der Waals surface area (Å²) in [5.41, 5.74) is 2.84. The fourth-order valence-electron chi connectivity index (χ4n) is 6.13. The van der Waals surface area contributed by atoms with E-state index in [1.165, 1.54) is 25.2 Å². The molecule has 1 aliphatic rings. The van der Waals surface area contributed by atoms with E-state index in [9.17, 15) is 27.9 Å². The monoisotopic (exact) mass is 711 g/mol. The summed E-state index contributed by atoms with van der Waals surface area (Å²) >= 11 is 0. The molecular formula is C39H45N5O6S. The number of nitrogens with zero attached hydrogens (tertiary/aromatic N) is 2. The van der Waals surface area contributed by atoms with E-state index in [1.807, 2.05) is 105 Å². The van der Waals surface area contributed by atoms with Gasteiger partial charge in [-0.1, -0.05) is 91.0 Å². The second-order valence-electron chi connectivity index (χ2n) is 13.1. The van der Waals surface area contributed by atoms with Crippen LogP contribution in [0.25, 0.3) is 0 Å². The van der Waals surface area contributed by atoms with Crippen LogP contribution in [-0.4, -0.2) is 80.2 Å². The van der Waals surface area contributed by atoms with E-state index in [4.69, 9.17) is 0 Å². The van der Waals surface area contributed by atoms with E-state index in [0.717, 1.165) is 27.3 Å². The minimum absolute atomic E-state index is 0.00744. The standard InChI is InChI=1S/C39H45N5O6S/c1-26-24-40-35(39(48)44(26)25-29-16-10-6-11-17-29)36(45)34(20-28-14-8-5-9-15-28)42-38(47)32-21-31(22-33(23-32)43(3)51(4,49)50)37(46)41-27(2)30-18-12-7-13-19-30/h5-19,21-23,26-27,34-36,40,45H,20,24-25H2,1-4H3,(H,41,46)(H,42,47)/t26-,27-,34+,35?,36+/m1/s1. The van der Waals surface area contributed by atoms with Crippen molar-refractivity contribution in [1.82, 2.24) is 20.9 Å². The van der Waals surface area contributed by atoms with Gasteiger partial charge in [0.05, 0.1) is 30.1 Å². The molecular weight excluding hydrogens is 667 g/mol. The predicted molar refractivity (Wildman–Crippen MR) is 198 cm³/mol. The van der Waals surface area contributed by atoms with Crippen molar-refractivity contribution in [1.29, 1.82) is 0 Å². The fraction of sp³-hybridized carbons (Fsp3) is 0.308. The molecule has 1 aliphatic heterocycles. The number of sulfonamides is 1. The van der Waals surface area contributed by atoms with E-state index in [1.54, 1.807) is 4.90 Å². The predicted octanol–water partition coefficient (Wildman–Crippen LogP) is 3.66. The fourth-order valence-corrected chi connectivity index (χ4v) is 6.62. The third kappa shape index (κ3) is 9.40. The molecule has 0 bridgehead atoms. The molecule has 0 radical (unpaired) electrons. The first kappa shape index (κ1) is 37.2. The summed E-state index contributed by atoms with van der Waals surface area (Å²) < 4.78 is 26.1. The first-order valence-corrected chi connectivity index (χ1v) is 18.7. The molecule has 12 heteroatoms. The Balaban J connectivity index is 1.44. The van der Waals surface area contributed by atoms with Crippen LogP contribution < -0.4 is 20.3 Å². The Morgan fingerprint density at radius 2 is 1.41 bits per heavy atom. The van der Waals surface area contributed by atoms with Gasteiger partial charge in [-0.3, -0.25) is 18.7 Å². The van der Waals surface area contributed by atoms with Crippen LogP contribution in [-0.2, 0) is 27.8 Å². The van der Waals surface area contributed by atoms with Gasteiger partial charge in [0.2, 0.25) is 15.9 Å². The normalized spacial score (nSPS) is 18.0. The van der Waals surface area contributed by atoms with Crippen molar-refractivity contribution in [2.75, 3.05) is 24.2 Å². The van der Waals surface area contributed by atoms with Gasteiger partial charge in [-0.2, -0.15) is 0 Å². The van der Waals surface area contributed by atoms with Crippen LogP contribution in [0.1, 0.15) is 57.3 Å². The summed E-state index contributed by atoms with van der Waals surface area (Å²) in [7, 11) is -2.42. The maximum absolute atomic E-state index is 14.1. The number of anilines is 1. The zero-order valence-corrected chi connectivity index (χ0v) is 30.0. The maximum Gasteiger partial charge on any atom is 0.251 e. The first-order valence-electron chi connectivity index (χ1n) is 16.9. The highest BCUT2D eigenvalue weighted by molar-refractivity contribution is 7.92. The van der Waals surface area contributed by atoms with E-state index >= 15 is 0 Å². The Bertz CT molecular complexity index is 1930. The highest BCUT2D eigenvalue weighted by Crippen LogP contribution is 2.23. The molecule has 1 saturated heterocycles. The number of hydrogen-bond donors (Lipinski definition) is 4. The molecule has 1 unspecified atom stereocenters. The Hall–Kier alpha value is -5.04. The van der Waals surface area contributed by atoms with Crippen molar-refractivity contribution < 1.29 is 27.9 Å². The van der Waals surface area contributed by atoms with Gasteiger partial charge in [-0.25, -0.2) is 8.42 Å². The molecule has 3 amide bonds. The molecule has 1 fully saturated rings. The lowest BCUT2D eigenvalue weighted by atomic mass is 9.93. The van der Waals surface area contributed by atoms with Crippen molar-refractivity contribution in [2.45, 2.75) is 57.1 Å². The third-order valence-electron chi connectivity index (χ3n) is 9.23. The highest BCUT2D eigenvalue weighted by atomic mass is 32.2. The van der Waals surface area contributed by atoms with E-state index < -0.39 is 40.0 Å². The van der Waals surface area contributed by atoms with Crippen LogP contribution >= 0.6 is 0 Å². The van der Waals surface area contributed by atoms with Crippen LogP contribution in [0.4, 0.5) is 5.69 Å². The van der Waals surface area contributed by atoms with Gasteiger partial charge >= 0.3 is 0 Å². The molecule has 11 nitrogen and oxygen atoms in total. The van der Waals surface area contributed by atoms with E-state index in [0.29, 0.717) is 13.1 Å². The van der Waals surface area contributed by atoms with Crippen LogP contribution in [0.5, 0.6) is 0 Å². The van der Waals surface area contributed by atoms with E-state index in [-0.39, 0.29) is 41.2 Å². The Morgan fingerprint density at radius 1 is 0.882 bits per heavy atom. The number of hydrogen-bond acceptors (Lipinski definition) is 7. The van der Waals surface area contributed by atoms with Crippen LogP contribution in [0, 0.1) is 0 Å². The number of rotatable bonds is 13. The zero-order chi connectivity index (χ0) is 36.7. The van der Waals surface area contributed by atoms with Crippen molar-refractivity contribution in [3.63, 3.8) is 0 Å².